The highest BCUT2D eigenvalue weighted by Gasteiger charge is 2.37. The Morgan fingerprint density at radius 3 is 2.52 bits per heavy atom. The minimum atomic E-state index is -0.964. The fourth-order valence-corrected chi connectivity index (χ4v) is 4.47. The first kappa shape index (κ1) is 22.7. The van der Waals surface area contributed by atoms with Gasteiger partial charge in [0.25, 0.3) is 0 Å². The van der Waals surface area contributed by atoms with Crippen molar-refractivity contribution >= 4 is 34.9 Å². The summed E-state index contributed by atoms with van der Waals surface area (Å²) in [6, 6.07) is 12.9. The lowest BCUT2D eigenvalue weighted by atomic mass is 10.0. The van der Waals surface area contributed by atoms with E-state index in [4.69, 9.17) is 4.74 Å². The summed E-state index contributed by atoms with van der Waals surface area (Å²) in [6.45, 7) is 5.97. The number of anilines is 2. The third kappa shape index (κ3) is 4.53. The molecule has 0 spiro atoms. The van der Waals surface area contributed by atoms with Gasteiger partial charge in [-0.25, -0.2) is 0 Å². The third-order valence-electron chi connectivity index (χ3n) is 6.42. The van der Waals surface area contributed by atoms with Gasteiger partial charge in [-0.05, 0) is 61.2 Å². The first-order valence-electron chi connectivity index (χ1n) is 11.3. The number of Topliss-reactive ketones (excluding diaryl/α,β-unsaturated/α-hetero) is 1. The zero-order valence-electron chi connectivity index (χ0n) is 19.2. The summed E-state index contributed by atoms with van der Waals surface area (Å²) in [7, 11) is 0. The number of amides is 2. The summed E-state index contributed by atoms with van der Waals surface area (Å²) < 4.78 is 5.47. The number of carbonyl (C=O) groups excluding carboxylic acids is 4. The predicted octanol–water partition coefficient (Wildman–Crippen LogP) is 3.33. The van der Waals surface area contributed by atoms with Crippen LogP contribution in [0, 0.1) is 5.92 Å². The Kier molecular flexibility index (Phi) is 6.31. The lowest BCUT2D eigenvalue weighted by Crippen LogP contribution is -2.30. The van der Waals surface area contributed by atoms with Crippen LogP contribution in [0.2, 0.25) is 0 Å². The number of rotatable bonds is 6. The number of carbonyl (C=O) groups is 4. The van der Waals surface area contributed by atoms with Crippen LogP contribution in [0.5, 0.6) is 0 Å². The predicted molar refractivity (Wildman–Crippen MR) is 124 cm³/mol. The fourth-order valence-electron chi connectivity index (χ4n) is 4.47. The zero-order chi connectivity index (χ0) is 23.7. The van der Waals surface area contributed by atoms with Gasteiger partial charge in [-0.1, -0.05) is 19.1 Å². The molecule has 2 aliphatic heterocycles. The van der Waals surface area contributed by atoms with Crippen molar-refractivity contribution in [2.45, 2.75) is 46.1 Å². The molecule has 4 rings (SSSR count). The largest absolute Gasteiger partial charge is 0.454 e. The van der Waals surface area contributed by atoms with Crippen molar-refractivity contribution in [3.8, 4) is 0 Å². The SMILES string of the molecule is CCc1ccc(N2CC(C(=O)OC(C)C(=O)c3ccc4c(c3)CCN4C(C)=O)CC2=O)cc1. The standard InChI is InChI=1S/C26H28N2O5/c1-4-18-5-8-22(9-6-18)28-15-21(14-24(28)30)26(32)33-16(2)25(31)20-7-10-23-19(13-20)11-12-27(23)17(3)29/h5-10,13,16,21H,4,11-12,14-15H2,1-3H3. The molecular formula is C26H28N2O5. The second-order valence-corrected chi connectivity index (χ2v) is 8.63. The molecule has 2 unspecified atom stereocenters. The number of aryl methyl sites for hydroxylation is 1. The molecule has 0 bridgehead atoms. The van der Waals surface area contributed by atoms with Gasteiger partial charge in [0.2, 0.25) is 17.6 Å². The van der Waals surface area contributed by atoms with E-state index in [2.05, 4.69) is 6.92 Å². The van der Waals surface area contributed by atoms with Crippen LogP contribution in [-0.4, -0.2) is 42.8 Å². The van der Waals surface area contributed by atoms with E-state index in [0.29, 0.717) is 18.5 Å². The van der Waals surface area contributed by atoms with Gasteiger partial charge in [-0.15, -0.1) is 0 Å². The number of fused-ring (bicyclic) bond motifs is 1. The summed E-state index contributed by atoms with van der Waals surface area (Å²) in [4.78, 5) is 53.1. The van der Waals surface area contributed by atoms with Gasteiger partial charge < -0.3 is 14.5 Å². The number of hydrogen-bond donors (Lipinski definition) is 0. The maximum atomic E-state index is 12.9. The summed E-state index contributed by atoms with van der Waals surface area (Å²) in [5.41, 5.74) is 4.13. The Bertz CT molecular complexity index is 1110. The second kappa shape index (κ2) is 9.17. The maximum Gasteiger partial charge on any atom is 0.312 e. The molecule has 2 amide bonds. The molecule has 0 aliphatic carbocycles. The second-order valence-electron chi connectivity index (χ2n) is 8.63. The number of hydrogen-bond acceptors (Lipinski definition) is 5. The first-order chi connectivity index (χ1) is 15.8. The lowest BCUT2D eigenvalue weighted by Gasteiger charge is -2.18. The molecule has 0 aromatic heterocycles. The normalized spacial score (nSPS) is 18.3. The molecule has 2 aromatic rings. The summed E-state index contributed by atoms with van der Waals surface area (Å²) in [5.74, 6) is -1.61. The van der Waals surface area contributed by atoms with Crippen LogP contribution in [0.4, 0.5) is 11.4 Å². The summed E-state index contributed by atoms with van der Waals surface area (Å²) in [5, 5.41) is 0. The molecule has 33 heavy (non-hydrogen) atoms. The maximum absolute atomic E-state index is 12.9. The van der Waals surface area contributed by atoms with E-state index in [1.165, 1.54) is 12.5 Å². The quantitative estimate of drug-likeness (QED) is 0.500. The van der Waals surface area contributed by atoms with Crippen molar-refractivity contribution in [2.24, 2.45) is 5.92 Å². The number of benzene rings is 2. The minimum absolute atomic E-state index is 0.0309. The average molecular weight is 449 g/mol. The molecule has 0 radical (unpaired) electrons. The van der Waals surface area contributed by atoms with Crippen LogP contribution in [0.3, 0.4) is 0 Å². The van der Waals surface area contributed by atoms with Crippen LogP contribution in [0.25, 0.3) is 0 Å². The fraction of sp³-hybridized carbons (Fsp3) is 0.385. The number of esters is 1. The molecule has 7 heteroatoms. The van der Waals surface area contributed by atoms with E-state index in [1.54, 1.807) is 34.9 Å². The zero-order valence-corrected chi connectivity index (χ0v) is 19.2. The van der Waals surface area contributed by atoms with E-state index in [9.17, 15) is 19.2 Å². The lowest BCUT2D eigenvalue weighted by molar-refractivity contribution is -0.151. The Labute approximate surface area is 193 Å². The topological polar surface area (TPSA) is 84.0 Å². The highest BCUT2D eigenvalue weighted by molar-refractivity contribution is 6.03. The molecule has 172 valence electrons. The number of ketones is 1. The number of nitrogens with zero attached hydrogens (tertiary/aromatic N) is 2. The highest BCUT2D eigenvalue weighted by Crippen LogP contribution is 2.30. The Balaban J connectivity index is 1.39. The van der Waals surface area contributed by atoms with Crippen LogP contribution >= 0.6 is 0 Å². The molecule has 2 aliphatic rings. The molecule has 7 nitrogen and oxygen atoms in total. The van der Waals surface area contributed by atoms with E-state index >= 15 is 0 Å². The Morgan fingerprint density at radius 1 is 1.12 bits per heavy atom. The van der Waals surface area contributed by atoms with E-state index in [1.807, 2.05) is 24.3 Å². The smallest absolute Gasteiger partial charge is 0.312 e. The van der Waals surface area contributed by atoms with Gasteiger partial charge in [0, 0.05) is 43.4 Å². The van der Waals surface area contributed by atoms with Crippen molar-refractivity contribution in [2.75, 3.05) is 22.9 Å². The summed E-state index contributed by atoms with van der Waals surface area (Å²) >= 11 is 0. The van der Waals surface area contributed by atoms with Gasteiger partial charge in [0.15, 0.2) is 6.10 Å². The Morgan fingerprint density at radius 2 is 1.85 bits per heavy atom. The highest BCUT2D eigenvalue weighted by atomic mass is 16.5. The summed E-state index contributed by atoms with van der Waals surface area (Å²) in [6.07, 6.45) is 0.695. The van der Waals surface area contributed by atoms with Crippen molar-refractivity contribution in [1.82, 2.24) is 0 Å². The molecule has 0 saturated carbocycles. The molecule has 0 N–H and O–H groups in total. The van der Waals surface area contributed by atoms with Crippen molar-refractivity contribution in [3.05, 3.63) is 59.2 Å². The van der Waals surface area contributed by atoms with Crippen LogP contribution in [0.1, 0.15) is 48.7 Å². The molecule has 2 atom stereocenters. The molecule has 1 fully saturated rings. The van der Waals surface area contributed by atoms with Gasteiger partial charge in [-0.3, -0.25) is 19.2 Å². The Hall–Kier alpha value is -3.48. The third-order valence-corrected chi connectivity index (χ3v) is 6.42. The van der Waals surface area contributed by atoms with Gasteiger partial charge in [-0.2, -0.15) is 0 Å². The molecule has 2 heterocycles. The van der Waals surface area contributed by atoms with Crippen molar-refractivity contribution in [3.63, 3.8) is 0 Å². The van der Waals surface area contributed by atoms with E-state index < -0.39 is 18.0 Å². The minimum Gasteiger partial charge on any atom is -0.454 e. The molecule has 2 aromatic carbocycles. The molecule has 1 saturated heterocycles. The van der Waals surface area contributed by atoms with Gasteiger partial charge in [0.05, 0.1) is 5.92 Å². The van der Waals surface area contributed by atoms with Crippen molar-refractivity contribution < 1.29 is 23.9 Å². The molecular weight excluding hydrogens is 420 g/mol. The van der Waals surface area contributed by atoms with E-state index in [0.717, 1.165) is 23.4 Å². The van der Waals surface area contributed by atoms with Crippen LogP contribution in [-0.2, 0) is 32.0 Å². The first-order valence-corrected chi connectivity index (χ1v) is 11.3. The average Bonchev–Trinajstić information content (AvgIpc) is 3.41. The van der Waals surface area contributed by atoms with E-state index in [-0.39, 0.29) is 30.6 Å². The van der Waals surface area contributed by atoms with Gasteiger partial charge in [0.1, 0.15) is 0 Å². The number of ether oxygens (including phenoxy) is 1. The van der Waals surface area contributed by atoms with Crippen LogP contribution in [0.15, 0.2) is 42.5 Å². The monoisotopic (exact) mass is 448 g/mol. The van der Waals surface area contributed by atoms with Gasteiger partial charge >= 0.3 is 5.97 Å². The van der Waals surface area contributed by atoms with Crippen molar-refractivity contribution in [1.29, 1.82) is 0 Å². The van der Waals surface area contributed by atoms with Crippen LogP contribution < -0.4 is 9.80 Å².